The van der Waals surface area contributed by atoms with E-state index in [2.05, 4.69) is 32.7 Å². The molecule has 120 valence electrons. The van der Waals surface area contributed by atoms with Crippen molar-refractivity contribution < 1.29 is 4.74 Å². The molecule has 0 radical (unpaired) electrons. The van der Waals surface area contributed by atoms with Crippen LogP contribution in [-0.2, 0) is 4.74 Å². The number of halogens is 1. The normalized spacial score (nSPS) is 19.3. The minimum absolute atomic E-state index is 0.496. The topological polar surface area (TPSA) is 50.3 Å². The third-order valence-corrected chi connectivity index (χ3v) is 4.66. The van der Waals surface area contributed by atoms with Crippen molar-refractivity contribution in [1.29, 1.82) is 0 Å². The van der Waals surface area contributed by atoms with Gasteiger partial charge in [0.25, 0.3) is 0 Å². The van der Waals surface area contributed by atoms with Gasteiger partial charge in [0.1, 0.15) is 5.15 Å². The lowest BCUT2D eigenvalue weighted by Crippen LogP contribution is -2.35. The van der Waals surface area contributed by atoms with Crippen molar-refractivity contribution in [3.05, 3.63) is 41.3 Å². The predicted molar refractivity (Wildman–Crippen MR) is 90.8 cm³/mol. The molecule has 5 nitrogen and oxygen atoms in total. The van der Waals surface area contributed by atoms with Gasteiger partial charge in [-0.1, -0.05) is 11.6 Å². The van der Waals surface area contributed by atoms with Crippen molar-refractivity contribution in [3.8, 4) is 0 Å². The fraction of sp³-hybridized carbons (Fsp3) is 0.412. The molecule has 4 heterocycles. The number of pyridine rings is 2. The molecule has 1 N–H and O–H groups in total. The van der Waals surface area contributed by atoms with Crippen LogP contribution in [0.25, 0.3) is 16.6 Å². The third-order valence-electron chi connectivity index (χ3n) is 4.45. The van der Waals surface area contributed by atoms with Gasteiger partial charge in [-0.05, 0) is 42.5 Å². The number of rotatable bonds is 3. The Morgan fingerprint density at radius 2 is 2.13 bits per heavy atom. The summed E-state index contributed by atoms with van der Waals surface area (Å²) in [7, 11) is 0. The third kappa shape index (κ3) is 3.32. The summed E-state index contributed by atoms with van der Waals surface area (Å²) >= 11 is 5.98. The van der Waals surface area contributed by atoms with E-state index in [0.29, 0.717) is 11.1 Å². The Labute approximate surface area is 140 Å². The Balaban J connectivity index is 1.52. The van der Waals surface area contributed by atoms with Gasteiger partial charge in [-0.15, -0.1) is 0 Å². The van der Waals surface area contributed by atoms with Crippen LogP contribution >= 0.6 is 11.6 Å². The average Bonchev–Trinajstić information content (AvgIpc) is 3.03. The quantitative estimate of drug-likeness (QED) is 0.877. The zero-order valence-corrected chi connectivity index (χ0v) is 13.6. The second kappa shape index (κ2) is 6.43. The largest absolute Gasteiger partial charge is 0.381 e. The van der Waals surface area contributed by atoms with Crippen LogP contribution in [0.4, 0.5) is 0 Å². The molecule has 23 heavy (non-hydrogen) atoms. The lowest BCUT2D eigenvalue weighted by molar-refractivity contribution is 0.0544. The first-order chi connectivity index (χ1) is 11.3. The molecule has 6 heteroatoms. The monoisotopic (exact) mass is 330 g/mol. The molecule has 0 amide bonds. The molecule has 4 rings (SSSR count). The summed E-state index contributed by atoms with van der Waals surface area (Å²) in [4.78, 5) is 8.83. The summed E-state index contributed by atoms with van der Waals surface area (Å²) in [6.07, 6.45) is 6.37. The van der Waals surface area contributed by atoms with Crippen LogP contribution in [0.3, 0.4) is 0 Å². The number of ether oxygens (including phenoxy) is 1. The molecule has 0 atom stereocenters. The summed E-state index contributed by atoms with van der Waals surface area (Å²) in [6, 6.07) is 5.72. The zero-order chi connectivity index (χ0) is 15.6. The fourth-order valence-electron chi connectivity index (χ4n) is 3.12. The zero-order valence-electron chi connectivity index (χ0n) is 12.8. The molecule has 2 aliphatic heterocycles. The van der Waals surface area contributed by atoms with Crippen molar-refractivity contribution in [1.82, 2.24) is 20.4 Å². The smallest absolute Gasteiger partial charge is 0.129 e. The summed E-state index contributed by atoms with van der Waals surface area (Å²) in [5, 5.41) is 2.69. The number of hydrogen-bond donors (Lipinski definition) is 1. The van der Waals surface area contributed by atoms with Gasteiger partial charge in [0, 0.05) is 44.3 Å². The molecule has 0 aromatic carbocycles. The molecule has 2 aromatic rings. The molecule has 0 bridgehead atoms. The van der Waals surface area contributed by atoms with Crippen LogP contribution in [-0.4, -0.2) is 41.3 Å². The van der Waals surface area contributed by atoms with E-state index in [4.69, 9.17) is 16.3 Å². The number of fused-ring (bicyclic) bond motifs is 1. The summed E-state index contributed by atoms with van der Waals surface area (Å²) in [5.74, 6) is 0.696. The second-order valence-corrected chi connectivity index (χ2v) is 6.48. The Morgan fingerprint density at radius 1 is 1.26 bits per heavy atom. The molecule has 1 saturated heterocycles. The van der Waals surface area contributed by atoms with Gasteiger partial charge < -0.3 is 9.75 Å². The molecular formula is C17H19ClN4O. The maximum absolute atomic E-state index is 5.98. The molecule has 1 fully saturated rings. The lowest BCUT2D eigenvalue weighted by atomic mass is 10.0. The van der Waals surface area contributed by atoms with E-state index in [1.807, 2.05) is 12.3 Å². The fourth-order valence-corrected chi connectivity index (χ4v) is 3.28. The van der Waals surface area contributed by atoms with Gasteiger partial charge in [0.15, 0.2) is 0 Å². The Morgan fingerprint density at radius 3 is 3.00 bits per heavy atom. The summed E-state index contributed by atoms with van der Waals surface area (Å²) in [6.45, 7) is 3.61. The van der Waals surface area contributed by atoms with E-state index in [1.165, 1.54) is 5.57 Å². The Hall–Kier alpha value is -1.69. The van der Waals surface area contributed by atoms with Crippen molar-refractivity contribution in [2.45, 2.75) is 12.8 Å². The summed E-state index contributed by atoms with van der Waals surface area (Å²) < 4.78 is 5.42. The van der Waals surface area contributed by atoms with Gasteiger partial charge in [-0.25, -0.2) is 10.4 Å². The summed E-state index contributed by atoms with van der Waals surface area (Å²) in [5.41, 5.74) is 7.46. The standard InChI is InChI=1S/C17H19ClN4O/c18-17-2-1-15-16(21-17)7-13(8-19-15)14-9-20-22(11-14)10-12-3-5-23-6-4-12/h1-2,7-8,11-12,20H,3-6,9-10H2. The van der Waals surface area contributed by atoms with E-state index in [0.717, 1.165) is 55.7 Å². The molecule has 2 aromatic heterocycles. The minimum Gasteiger partial charge on any atom is -0.381 e. The van der Waals surface area contributed by atoms with Gasteiger partial charge in [0.2, 0.25) is 0 Å². The van der Waals surface area contributed by atoms with Crippen molar-refractivity contribution in [2.75, 3.05) is 26.3 Å². The SMILES string of the molecule is Clc1ccc2ncc(C3=CN(CC4CCOCC4)NC3)cc2n1. The minimum atomic E-state index is 0.496. The van der Waals surface area contributed by atoms with E-state index in [1.54, 1.807) is 6.07 Å². The number of nitrogens with zero attached hydrogens (tertiary/aromatic N) is 3. The highest BCUT2D eigenvalue weighted by Gasteiger charge is 2.20. The first-order valence-corrected chi connectivity index (χ1v) is 8.37. The van der Waals surface area contributed by atoms with Crippen LogP contribution in [0, 0.1) is 5.92 Å². The van der Waals surface area contributed by atoms with Crippen molar-refractivity contribution >= 4 is 28.2 Å². The highest BCUT2D eigenvalue weighted by Crippen LogP contribution is 2.23. The average molecular weight is 331 g/mol. The maximum Gasteiger partial charge on any atom is 0.129 e. The lowest BCUT2D eigenvalue weighted by Gasteiger charge is -2.26. The van der Waals surface area contributed by atoms with Crippen LogP contribution in [0.15, 0.2) is 30.6 Å². The highest BCUT2D eigenvalue weighted by atomic mass is 35.5. The molecule has 0 saturated carbocycles. The van der Waals surface area contributed by atoms with E-state index in [-0.39, 0.29) is 0 Å². The predicted octanol–water partition coefficient (Wildman–Crippen LogP) is 2.87. The highest BCUT2D eigenvalue weighted by molar-refractivity contribution is 6.29. The van der Waals surface area contributed by atoms with Crippen molar-refractivity contribution in [3.63, 3.8) is 0 Å². The molecular weight excluding hydrogens is 312 g/mol. The maximum atomic E-state index is 5.98. The number of hydrogen-bond acceptors (Lipinski definition) is 5. The first-order valence-electron chi connectivity index (χ1n) is 7.99. The molecule has 0 spiro atoms. The van der Waals surface area contributed by atoms with E-state index >= 15 is 0 Å². The van der Waals surface area contributed by atoms with Gasteiger partial charge in [-0.2, -0.15) is 0 Å². The van der Waals surface area contributed by atoms with Crippen LogP contribution in [0.2, 0.25) is 5.15 Å². The van der Waals surface area contributed by atoms with E-state index < -0.39 is 0 Å². The van der Waals surface area contributed by atoms with Gasteiger partial charge in [0.05, 0.1) is 11.0 Å². The van der Waals surface area contributed by atoms with Crippen LogP contribution < -0.4 is 5.43 Å². The number of hydrazine groups is 1. The molecule has 2 aliphatic rings. The Bertz CT molecular complexity index is 742. The first kappa shape index (κ1) is 14.9. The number of nitrogens with one attached hydrogen (secondary N) is 1. The Kier molecular flexibility index (Phi) is 4.16. The van der Waals surface area contributed by atoms with Crippen molar-refractivity contribution in [2.24, 2.45) is 5.92 Å². The van der Waals surface area contributed by atoms with Gasteiger partial charge >= 0.3 is 0 Å². The second-order valence-electron chi connectivity index (χ2n) is 6.09. The molecule has 0 unspecified atom stereocenters. The van der Waals surface area contributed by atoms with Crippen LogP contribution in [0.5, 0.6) is 0 Å². The number of aromatic nitrogens is 2. The van der Waals surface area contributed by atoms with Gasteiger partial charge in [-0.3, -0.25) is 4.98 Å². The van der Waals surface area contributed by atoms with E-state index in [9.17, 15) is 0 Å². The molecule has 0 aliphatic carbocycles. The van der Waals surface area contributed by atoms with Crippen LogP contribution in [0.1, 0.15) is 18.4 Å².